The van der Waals surface area contributed by atoms with E-state index in [4.69, 9.17) is 48.9 Å². The molecule has 0 bridgehead atoms. The molecular formula is C89H90N24O6. The van der Waals surface area contributed by atoms with Gasteiger partial charge in [-0.2, -0.15) is 10.5 Å². The van der Waals surface area contributed by atoms with Gasteiger partial charge in [0.2, 0.25) is 13.6 Å². The molecule has 1 atom stereocenters. The summed E-state index contributed by atoms with van der Waals surface area (Å²) >= 11 is 0. The van der Waals surface area contributed by atoms with Crippen molar-refractivity contribution in [3.05, 3.63) is 168 Å². The van der Waals surface area contributed by atoms with Crippen LogP contribution >= 0.6 is 0 Å². The van der Waals surface area contributed by atoms with Crippen molar-refractivity contribution in [2.24, 2.45) is 0 Å². The van der Waals surface area contributed by atoms with E-state index < -0.39 is 0 Å². The van der Waals surface area contributed by atoms with Crippen LogP contribution in [0.5, 0.6) is 23.0 Å². The number of nitrogens with zero attached hydrogens (tertiary/aromatic N) is 22. The molecule has 0 spiro atoms. The molecule has 22 rings (SSSR count). The highest BCUT2D eigenvalue weighted by atomic mass is 16.7. The maximum Gasteiger partial charge on any atom is 0.254 e. The van der Waals surface area contributed by atoms with Crippen LogP contribution in [-0.4, -0.2) is 249 Å². The molecule has 6 aliphatic heterocycles. The highest BCUT2D eigenvalue weighted by molar-refractivity contribution is 6.10. The van der Waals surface area contributed by atoms with Gasteiger partial charge in [0.25, 0.3) is 11.8 Å². The summed E-state index contributed by atoms with van der Waals surface area (Å²) in [6.07, 6.45) is 11.8. The van der Waals surface area contributed by atoms with E-state index in [0.717, 1.165) is 234 Å². The molecule has 0 radical (unpaired) electrons. The number of aromatic nitrogens is 12. The van der Waals surface area contributed by atoms with E-state index in [2.05, 4.69) is 138 Å². The maximum atomic E-state index is 12.9. The Morgan fingerprint density at radius 1 is 0.412 bits per heavy atom. The molecule has 6 aliphatic rings. The Morgan fingerprint density at radius 2 is 0.798 bits per heavy atom. The van der Waals surface area contributed by atoms with Gasteiger partial charge in [-0.1, -0.05) is 18.2 Å². The Hall–Kier alpha value is -13.5. The number of amides is 2. The maximum absolute atomic E-state index is 12.9. The fraction of sp³-hybridized carbons (Fsp3) is 0.326. The molecule has 16 aromatic rings. The van der Waals surface area contributed by atoms with Crippen LogP contribution in [0.2, 0.25) is 0 Å². The number of pyridine rings is 8. The predicted molar refractivity (Wildman–Crippen MR) is 462 cm³/mol. The Kier molecular flexibility index (Phi) is 19.8. The molecular weight excluding hydrogens is 1500 g/mol. The molecule has 4 saturated heterocycles. The number of imidazole rings is 4. The van der Waals surface area contributed by atoms with Crippen LogP contribution < -0.4 is 49.2 Å². The van der Waals surface area contributed by atoms with E-state index in [-0.39, 0.29) is 25.4 Å². The van der Waals surface area contributed by atoms with Gasteiger partial charge in [-0.05, 0) is 166 Å². The van der Waals surface area contributed by atoms with Gasteiger partial charge >= 0.3 is 0 Å². The largest absolute Gasteiger partial charge is 0.454 e. The van der Waals surface area contributed by atoms with Crippen molar-refractivity contribution < 1.29 is 28.5 Å². The first kappa shape index (κ1) is 75.5. The zero-order chi connectivity index (χ0) is 81.4. The molecule has 0 aliphatic carbocycles. The molecule has 18 heterocycles. The topological polar surface area (TPSA) is 289 Å². The lowest BCUT2D eigenvalue weighted by Crippen LogP contribution is -2.31. The zero-order valence-corrected chi connectivity index (χ0v) is 67.8. The molecule has 4 fully saturated rings. The summed E-state index contributed by atoms with van der Waals surface area (Å²) in [7, 11) is 14.0. The first-order chi connectivity index (χ1) is 58.1. The lowest BCUT2D eigenvalue weighted by Gasteiger charge is -2.24. The van der Waals surface area contributed by atoms with Crippen molar-refractivity contribution in [1.82, 2.24) is 87.7 Å². The molecule has 0 saturated carbocycles. The molecule has 2 N–H and O–H groups in total. The van der Waals surface area contributed by atoms with Gasteiger partial charge in [-0.15, -0.1) is 0 Å². The second-order valence-corrected chi connectivity index (χ2v) is 31.6. The molecule has 0 unspecified atom stereocenters. The Labute approximate surface area is 684 Å². The minimum Gasteiger partial charge on any atom is -0.454 e. The van der Waals surface area contributed by atoms with Crippen molar-refractivity contribution in [3.63, 3.8) is 0 Å². The molecule has 2 amide bonds. The third-order valence-corrected chi connectivity index (χ3v) is 24.0. The van der Waals surface area contributed by atoms with E-state index in [0.29, 0.717) is 73.9 Å². The van der Waals surface area contributed by atoms with Crippen molar-refractivity contribution >= 4 is 145 Å². The number of ether oxygens (including phenoxy) is 4. The quantitative estimate of drug-likeness (QED) is 0.150. The van der Waals surface area contributed by atoms with Crippen molar-refractivity contribution in [1.29, 1.82) is 10.5 Å². The van der Waals surface area contributed by atoms with Crippen molar-refractivity contribution in [3.8, 4) is 35.1 Å². The number of likely N-dealkylation sites (N-methyl/N-ethyl adjacent to an activating group) is 4. The number of nitriles is 2. The normalized spacial score (nSPS) is 16.7. The molecule has 30 nitrogen and oxygen atoms in total. The highest BCUT2D eigenvalue weighted by Gasteiger charge is 2.31. The van der Waals surface area contributed by atoms with E-state index in [1.165, 1.54) is 0 Å². The lowest BCUT2D eigenvalue weighted by atomic mass is 10.1. The molecule has 119 heavy (non-hydrogen) atoms. The number of fused-ring (bicyclic) bond motifs is 22. The van der Waals surface area contributed by atoms with Gasteiger partial charge in [-0.3, -0.25) is 27.2 Å². The second kappa shape index (κ2) is 31.2. The van der Waals surface area contributed by atoms with Crippen molar-refractivity contribution in [2.75, 3.05) is 174 Å². The predicted octanol–water partition coefficient (Wildman–Crippen LogP) is 10.9. The smallest absolute Gasteiger partial charge is 0.254 e. The van der Waals surface area contributed by atoms with Crippen LogP contribution in [0.15, 0.2) is 140 Å². The Morgan fingerprint density at radius 3 is 1.24 bits per heavy atom. The third-order valence-electron chi connectivity index (χ3n) is 24.0. The SMILES string of the molecule is CN(C)[C@@H]1CCN(c2ccnc3c2cc(C#N)c2nc4ccccc4n23)C1.CN1CCCN(c2ccnc3c2cc(C#N)c2nc4cc5c(cc4n23)OCO5)CC1.CNC(=O)c1cc2c(N3CCCN(C)CC3)ccnc2n2c1nc1cc3c(cc12)OCO3.CNC(=O)c1cc2c(N3CCCN(C)CC3)ccnc2n2c1nc1ccc(C)cc12. The van der Waals surface area contributed by atoms with Crippen LogP contribution in [0.25, 0.3) is 111 Å². The highest BCUT2D eigenvalue weighted by Crippen LogP contribution is 2.42. The summed E-state index contributed by atoms with van der Waals surface area (Å²) in [5.41, 5.74) is 20.4. The van der Waals surface area contributed by atoms with Gasteiger partial charge in [0.05, 0.1) is 66.4 Å². The summed E-state index contributed by atoms with van der Waals surface area (Å²) in [5, 5.41) is 29.0. The van der Waals surface area contributed by atoms with Gasteiger partial charge in [0, 0.05) is 185 Å². The number of aryl methyl sites for hydroxylation is 1. The minimum absolute atomic E-state index is 0.140. The van der Waals surface area contributed by atoms with E-state index in [1.54, 1.807) is 14.1 Å². The molecule has 602 valence electrons. The summed E-state index contributed by atoms with van der Waals surface area (Å²) in [4.78, 5) is 82.4. The summed E-state index contributed by atoms with van der Waals surface area (Å²) in [5.74, 6) is 2.37. The fourth-order valence-corrected chi connectivity index (χ4v) is 17.8. The number of carbonyl (C=O) groups excluding carboxylic acids is 2. The summed E-state index contributed by atoms with van der Waals surface area (Å²) < 4.78 is 30.2. The number of carbonyl (C=O) groups is 2. The van der Waals surface area contributed by atoms with E-state index >= 15 is 0 Å². The monoisotopic (exact) mass is 1590 g/mol. The summed E-state index contributed by atoms with van der Waals surface area (Å²) in [6, 6.07) is 42.9. The Bertz CT molecular complexity index is 6860. The number of anilines is 4. The number of rotatable bonds is 7. The average molecular weight is 1590 g/mol. The number of para-hydroxylation sites is 2. The molecule has 4 aromatic carbocycles. The number of nitrogens with one attached hydrogen (secondary N) is 2. The Balaban J connectivity index is 0.000000105. The average Bonchev–Trinajstić information content (AvgIpc) is 1.61. The van der Waals surface area contributed by atoms with Gasteiger partial charge < -0.3 is 68.8 Å². The minimum atomic E-state index is -0.183. The molecule has 12 aromatic heterocycles. The summed E-state index contributed by atoms with van der Waals surface area (Å²) in [6.45, 7) is 16.5. The second-order valence-electron chi connectivity index (χ2n) is 31.6. The van der Waals surface area contributed by atoms with Crippen LogP contribution in [0.1, 0.15) is 63.1 Å². The van der Waals surface area contributed by atoms with E-state index in [1.807, 2.05) is 133 Å². The molecule has 30 heteroatoms. The lowest BCUT2D eigenvalue weighted by molar-refractivity contribution is 0.0956. The van der Waals surface area contributed by atoms with Gasteiger partial charge in [0.1, 0.15) is 34.7 Å². The third kappa shape index (κ3) is 13.6. The zero-order valence-electron chi connectivity index (χ0n) is 67.8. The number of hydrogen-bond donors (Lipinski definition) is 2. The first-order valence-electron chi connectivity index (χ1n) is 40.5. The van der Waals surface area contributed by atoms with E-state index in [9.17, 15) is 20.1 Å². The number of benzene rings is 4. The van der Waals surface area contributed by atoms with Crippen LogP contribution in [0, 0.1) is 29.6 Å². The number of hydrogen-bond acceptors (Lipinski definition) is 24. The van der Waals surface area contributed by atoms with Gasteiger partial charge in [0.15, 0.2) is 45.6 Å². The standard InChI is InChI=1S/C23H24N6O3.C23H26N6O.C22H20N6O2.C21H20N6/c1-24-23(30)15-10-14-17(28-7-3-6-27(2)8-9-28)4-5-25-21(14)29-18-12-20-19(31-13-32-20)11-16(18)26-22(15)29;1-15-5-6-18-20(13-15)29-21-16(14-17(22(29)26-18)23(30)24-2)19(7-8-25-21)28-10-4-9-27(3)11-12-28;1-26-5-2-6-27(8-7-26)17-3-4-24-22-15(17)9-14(12-23)21-25-16-10-19-20(30-13-29-19)11-18(16)28(21)22;1-25(2)15-8-10-26(13-15)18-7-9-23-21-16(18)11-14(12-22)20-24-17-5-3-4-6-19(17)27(20)21/h4-5,10-12H,3,6-9,13H2,1-2H3,(H,24,30);5-8,13-14H,4,9-12H2,1-3H3,(H,24,30);3-4,9-11H,2,5-8,13H2,1H3;3-7,9,11,15H,8,10,13H2,1-2H3/t;;;15-/m...1/s1. The van der Waals surface area contributed by atoms with Gasteiger partial charge in [-0.25, -0.2) is 39.9 Å². The van der Waals surface area contributed by atoms with Crippen LogP contribution in [0.3, 0.4) is 0 Å². The fourth-order valence-electron chi connectivity index (χ4n) is 17.8. The van der Waals surface area contributed by atoms with Crippen LogP contribution in [0.4, 0.5) is 22.7 Å². The van der Waals surface area contributed by atoms with Crippen molar-refractivity contribution in [2.45, 2.75) is 38.6 Å². The first-order valence-corrected chi connectivity index (χ1v) is 40.5. The van der Waals surface area contributed by atoms with Crippen LogP contribution in [-0.2, 0) is 0 Å².